The molecule has 0 fully saturated rings. The number of carbonyl (C=O) groups excluding carboxylic acids is 1. The Labute approximate surface area is 152 Å². The number of methoxy groups -OCH3 is 1. The summed E-state index contributed by atoms with van der Waals surface area (Å²) in [6, 6.07) is 10.3. The second kappa shape index (κ2) is 6.32. The number of ether oxygens (including phenoxy) is 1. The van der Waals surface area contributed by atoms with Gasteiger partial charge in [0.1, 0.15) is 5.75 Å². The third kappa shape index (κ3) is 2.82. The highest BCUT2D eigenvalue weighted by Gasteiger charge is 2.31. The first-order valence-electron chi connectivity index (χ1n) is 8.61. The van der Waals surface area contributed by atoms with Crippen molar-refractivity contribution in [3.63, 3.8) is 0 Å². The molecule has 2 aromatic carbocycles. The van der Waals surface area contributed by atoms with Gasteiger partial charge in [-0.3, -0.25) is 9.52 Å². The highest BCUT2D eigenvalue weighted by molar-refractivity contribution is 7.92. The molecule has 2 aliphatic rings. The number of anilines is 2. The highest BCUT2D eigenvalue weighted by Crippen LogP contribution is 2.38. The largest absolute Gasteiger partial charge is 0.495 e. The van der Waals surface area contributed by atoms with E-state index in [9.17, 15) is 13.2 Å². The number of hydrogen-bond donors (Lipinski definition) is 1. The van der Waals surface area contributed by atoms with Crippen molar-refractivity contribution in [2.45, 2.75) is 30.6 Å². The average molecular weight is 372 g/mol. The van der Waals surface area contributed by atoms with Gasteiger partial charge < -0.3 is 9.64 Å². The summed E-state index contributed by atoms with van der Waals surface area (Å²) in [6.45, 7) is 0.713. The molecule has 0 unspecified atom stereocenters. The maximum absolute atomic E-state index is 12.9. The smallest absolute Gasteiger partial charge is 0.262 e. The molecule has 7 heteroatoms. The van der Waals surface area contributed by atoms with Gasteiger partial charge in [-0.25, -0.2) is 8.42 Å². The zero-order valence-corrected chi connectivity index (χ0v) is 15.3. The SMILES string of the molecule is COc1ccccc1NS(=O)(=O)c1cc2c3c(c1)CCC(=O)N3CCC2. The van der Waals surface area contributed by atoms with Crippen molar-refractivity contribution in [3.05, 3.63) is 47.5 Å². The summed E-state index contributed by atoms with van der Waals surface area (Å²) in [5, 5.41) is 0. The summed E-state index contributed by atoms with van der Waals surface area (Å²) in [6.07, 6.45) is 2.64. The normalized spacial score (nSPS) is 16.2. The minimum absolute atomic E-state index is 0.126. The van der Waals surface area contributed by atoms with Gasteiger partial charge in [0.05, 0.1) is 23.4 Å². The van der Waals surface area contributed by atoms with Crippen LogP contribution in [0.25, 0.3) is 0 Å². The number of sulfonamides is 1. The summed E-state index contributed by atoms with van der Waals surface area (Å²) in [7, 11) is -2.25. The van der Waals surface area contributed by atoms with Crippen LogP contribution >= 0.6 is 0 Å². The van der Waals surface area contributed by atoms with E-state index in [0.29, 0.717) is 30.8 Å². The Morgan fingerprint density at radius 1 is 1.08 bits per heavy atom. The number of carbonyl (C=O) groups is 1. The first-order valence-corrected chi connectivity index (χ1v) is 10.1. The van der Waals surface area contributed by atoms with Gasteiger partial charge in [-0.15, -0.1) is 0 Å². The van der Waals surface area contributed by atoms with Crippen LogP contribution in [0.3, 0.4) is 0 Å². The minimum Gasteiger partial charge on any atom is -0.495 e. The van der Waals surface area contributed by atoms with Crippen molar-refractivity contribution in [1.82, 2.24) is 0 Å². The number of hydrogen-bond acceptors (Lipinski definition) is 4. The fourth-order valence-corrected chi connectivity index (χ4v) is 4.88. The van der Waals surface area contributed by atoms with Crippen LogP contribution in [0.15, 0.2) is 41.3 Å². The van der Waals surface area contributed by atoms with Crippen molar-refractivity contribution in [2.24, 2.45) is 0 Å². The Hall–Kier alpha value is -2.54. The van der Waals surface area contributed by atoms with Gasteiger partial charge in [0, 0.05) is 13.0 Å². The van der Waals surface area contributed by atoms with Gasteiger partial charge in [0.2, 0.25) is 5.91 Å². The molecule has 4 rings (SSSR count). The molecule has 6 nitrogen and oxygen atoms in total. The van der Waals surface area contributed by atoms with E-state index in [1.54, 1.807) is 36.4 Å². The minimum atomic E-state index is -3.75. The first-order chi connectivity index (χ1) is 12.5. The second-order valence-electron chi connectivity index (χ2n) is 6.54. The number of rotatable bonds is 4. The van der Waals surface area contributed by atoms with Crippen LogP contribution in [0.4, 0.5) is 11.4 Å². The lowest BCUT2D eigenvalue weighted by Gasteiger charge is -2.35. The maximum atomic E-state index is 12.9. The van der Waals surface area contributed by atoms with Crippen LogP contribution in [-0.4, -0.2) is 28.0 Å². The Bertz CT molecular complexity index is 968. The quantitative estimate of drug-likeness (QED) is 0.895. The summed E-state index contributed by atoms with van der Waals surface area (Å²) in [4.78, 5) is 14.2. The molecule has 0 atom stereocenters. The van der Waals surface area contributed by atoms with E-state index >= 15 is 0 Å². The Morgan fingerprint density at radius 3 is 2.58 bits per heavy atom. The van der Waals surface area contributed by atoms with Gasteiger partial charge in [-0.05, 0) is 54.7 Å². The number of amides is 1. The third-order valence-corrected chi connectivity index (χ3v) is 6.25. The van der Waals surface area contributed by atoms with E-state index in [1.165, 1.54) is 7.11 Å². The lowest BCUT2D eigenvalue weighted by molar-refractivity contribution is -0.119. The Kier molecular flexibility index (Phi) is 4.11. The molecule has 26 heavy (non-hydrogen) atoms. The third-order valence-electron chi connectivity index (χ3n) is 4.91. The average Bonchev–Trinajstić information content (AvgIpc) is 2.64. The lowest BCUT2D eigenvalue weighted by atomic mass is 9.92. The first kappa shape index (κ1) is 16.9. The van der Waals surface area contributed by atoms with Crippen LogP contribution in [0.5, 0.6) is 5.75 Å². The zero-order valence-electron chi connectivity index (χ0n) is 14.5. The van der Waals surface area contributed by atoms with E-state index in [4.69, 9.17) is 4.74 Å². The fourth-order valence-electron chi connectivity index (χ4n) is 3.71. The Morgan fingerprint density at radius 2 is 1.81 bits per heavy atom. The lowest BCUT2D eigenvalue weighted by Crippen LogP contribution is -2.39. The molecule has 0 saturated carbocycles. The summed E-state index contributed by atoms with van der Waals surface area (Å²) in [5.41, 5.74) is 3.19. The van der Waals surface area contributed by atoms with Crippen molar-refractivity contribution < 1.29 is 17.9 Å². The maximum Gasteiger partial charge on any atom is 0.262 e. The predicted molar refractivity (Wildman–Crippen MR) is 99.2 cm³/mol. The molecule has 2 aromatic rings. The molecule has 1 amide bonds. The van der Waals surface area contributed by atoms with Crippen molar-refractivity contribution in [2.75, 3.05) is 23.3 Å². The van der Waals surface area contributed by atoms with E-state index in [2.05, 4.69) is 4.72 Å². The van der Waals surface area contributed by atoms with E-state index in [1.807, 2.05) is 4.90 Å². The van der Waals surface area contributed by atoms with E-state index in [0.717, 1.165) is 29.7 Å². The van der Waals surface area contributed by atoms with Gasteiger partial charge >= 0.3 is 0 Å². The van der Waals surface area contributed by atoms with Gasteiger partial charge in [-0.1, -0.05) is 12.1 Å². The van der Waals surface area contributed by atoms with Crippen LogP contribution in [0.1, 0.15) is 24.0 Å². The monoisotopic (exact) mass is 372 g/mol. The van der Waals surface area contributed by atoms with Crippen LogP contribution in [-0.2, 0) is 27.7 Å². The molecule has 0 bridgehead atoms. The zero-order chi connectivity index (χ0) is 18.3. The predicted octanol–water partition coefficient (Wildman–Crippen LogP) is 2.72. The molecule has 0 aromatic heterocycles. The topological polar surface area (TPSA) is 75.7 Å². The molecule has 1 N–H and O–H groups in total. The molecule has 2 heterocycles. The fraction of sp³-hybridized carbons (Fsp3) is 0.316. The highest BCUT2D eigenvalue weighted by atomic mass is 32.2. The van der Waals surface area contributed by atoms with Crippen LogP contribution < -0.4 is 14.4 Å². The molecule has 136 valence electrons. The molecular formula is C19H20N2O4S. The van der Waals surface area contributed by atoms with Crippen molar-refractivity contribution >= 4 is 27.3 Å². The van der Waals surface area contributed by atoms with E-state index < -0.39 is 10.0 Å². The van der Waals surface area contributed by atoms with Gasteiger partial charge in [-0.2, -0.15) is 0 Å². The summed E-state index contributed by atoms with van der Waals surface area (Å²) < 4.78 is 33.7. The number of nitrogens with one attached hydrogen (secondary N) is 1. The molecule has 2 aliphatic heterocycles. The summed E-state index contributed by atoms with van der Waals surface area (Å²) in [5.74, 6) is 0.591. The van der Waals surface area contributed by atoms with Crippen LogP contribution in [0, 0.1) is 0 Å². The standard InChI is InChI=1S/C19H20N2O4S/c1-25-17-7-3-2-6-16(17)20-26(23,24)15-11-13-5-4-10-21-18(22)9-8-14(12-15)19(13)21/h2-3,6-7,11-12,20H,4-5,8-10H2,1H3. The second-order valence-corrected chi connectivity index (χ2v) is 8.23. The Balaban J connectivity index is 1.75. The van der Waals surface area contributed by atoms with Gasteiger partial charge in [0.25, 0.3) is 10.0 Å². The molecule has 0 saturated heterocycles. The number of benzene rings is 2. The van der Waals surface area contributed by atoms with Gasteiger partial charge in [0.15, 0.2) is 0 Å². The molecule has 0 radical (unpaired) electrons. The van der Waals surface area contributed by atoms with Crippen LogP contribution in [0.2, 0.25) is 0 Å². The van der Waals surface area contributed by atoms with E-state index in [-0.39, 0.29) is 10.8 Å². The summed E-state index contributed by atoms with van der Waals surface area (Å²) >= 11 is 0. The van der Waals surface area contributed by atoms with Crippen molar-refractivity contribution in [3.8, 4) is 5.75 Å². The molecule has 0 spiro atoms. The molecular weight excluding hydrogens is 352 g/mol. The number of nitrogens with zero attached hydrogens (tertiary/aromatic N) is 1. The van der Waals surface area contributed by atoms with Crippen molar-refractivity contribution in [1.29, 1.82) is 0 Å². The number of aryl methyl sites for hydroxylation is 2. The molecule has 0 aliphatic carbocycles. The number of para-hydroxylation sites is 2.